The Labute approximate surface area is 134 Å². The van der Waals surface area contributed by atoms with Crippen molar-refractivity contribution >= 4 is 49.9 Å². The maximum Gasteiger partial charge on any atom is 0.194 e. The number of nitrogens with zero attached hydrogens (tertiary/aromatic N) is 1. The minimum atomic E-state index is 0.0641. The van der Waals surface area contributed by atoms with Crippen LogP contribution in [0.4, 0.5) is 0 Å². The van der Waals surface area contributed by atoms with E-state index in [2.05, 4.69) is 4.40 Å². The molecule has 2 aromatic carbocycles. The number of halogens is 1. The van der Waals surface area contributed by atoms with E-state index < -0.39 is 0 Å². The van der Waals surface area contributed by atoms with Gasteiger partial charge >= 0.3 is 0 Å². The zero-order valence-electron chi connectivity index (χ0n) is 10.7. The van der Waals surface area contributed by atoms with E-state index in [1.165, 1.54) is 21.8 Å². The highest BCUT2D eigenvalue weighted by Gasteiger charge is 2.31. The molecule has 0 spiro atoms. The Bertz CT molecular complexity index is 790. The molecule has 2 aromatic rings. The summed E-state index contributed by atoms with van der Waals surface area (Å²) >= 11 is 6.25. The number of rotatable bonds is 0. The van der Waals surface area contributed by atoms with E-state index in [-0.39, 0.29) is 5.78 Å². The van der Waals surface area contributed by atoms with E-state index in [1.54, 1.807) is 0 Å². The van der Waals surface area contributed by atoms with Gasteiger partial charge in [-0.3, -0.25) is 4.79 Å². The first-order valence-corrected chi connectivity index (χ1v) is 8.81. The van der Waals surface area contributed by atoms with E-state index >= 15 is 0 Å². The molecule has 21 heavy (non-hydrogen) atoms. The summed E-state index contributed by atoms with van der Waals surface area (Å²) in [6.07, 6.45) is 0. The molecule has 1 aliphatic carbocycles. The van der Waals surface area contributed by atoms with Crippen LogP contribution in [0.15, 0.2) is 57.8 Å². The lowest BCUT2D eigenvalue weighted by molar-refractivity contribution is 0.103. The van der Waals surface area contributed by atoms with Gasteiger partial charge in [-0.15, -0.1) is 0 Å². The molecule has 1 heterocycles. The number of benzene rings is 2. The number of carbonyl (C=O) groups is 1. The van der Waals surface area contributed by atoms with Crippen molar-refractivity contribution in [3.05, 3.63) is 75.7 Å². The summed E-state index contributed by atoms with van der Waals surface area (Å²) < 4.78 is 4.18. The lowest BCUT2D eigenvalue weighted by Crippen LogP contribution is -2.15. The van der Waals surface area contributed by atoms with Gasteiger partial charge in [0.15, 0.2) is 11.0 Å². The predicted octanol–water partition coefficient (Wildman–Crippen LogP) is 4.94. The minimum absolute atomic E-state index is 0.0641. The van der Waals surface area contributed by atoms with Crippen molar-refractivity contribution in [1.29, 1.82) is 0 Å². The third-order valence-corrected chi connectivity index (χ3v) is 5.86. The monoisotopic (exact) mass is 329 g/mol. The van der Waals surface area contributed by atoms with Crippen LogP contribution in [-0.2, 0) is 0 Å². The van der Waals surface area contributed by atoms with Crippen LogP contribution in [-0.4, -0.2) is 11.0 Å². The smallest absolute Gasteiger partial charge is 0.194 e. The molecule has 0 aromatic heterocycles. The fourth-order valence-electron chi connectivity index (χ4n) is 2.64. The second-order valence-electron chi connectivity index (χ2n) is 4.66. The van der Waals surface area contributed by atoms with Gasteiger partial charge in [-0.05, 0) is 21.9 Å². The third-order valence-electron chi connectivity index (χ3n) is 3.53. The first-order chi connectivity index (χ1) is 10.3. The van der Waals surface area contributed by atoms with E-state index in [0.717, 1.165) is 32.7 Å². The molecule has 0 amide bonds. The van der Waals surface area contributed by atoms with Crippen LogP contribution in [0.5, 0.6) is 0 Å². The second kappa shape index (κ2) is 5.05. The summed E-state index contributed by atoms with van der Waals surface area (Å²) in [5, 5.41) is 0.499. The average molecular weight is 330 g/mol. The largest absolute Gasteiger partial charge is 0.289 e. The van der Waals surface area contributed by atoms with Gasteiger partial charge in [-0.1, -0.05) is 60.1 Å². The molecule has 0 fully saturated rings. The molecule has 102 valence electrons. The highest BCUT2D eigenvalue weighted by molar-refractivity contribution is 8.78. The molecule has 0 unspecified atom stereocenters. The number of fused-ring (bicyclic) bond motifs is 2. The Morgan fingerprint density at radius 3 is 1.86 bits per heavy atom. The van der Waals surface area contributed by atoms with E-state index in [0.29, 0.717) is 5.17 Å². The summed E-state index contributed by atoms with van der Waals surface area (Å²) in [5.74, 6) is 0.0641. The maximum atomic E-state index is 12.7. The summed E-state index contributed by atoms with van der Waals surface area (Å²) in [5.41, 5.74) is 4.31. The molecular formula is C16H8ClNOS2. The lowest BCUT2D eigenvalue weighted by atomic mass is 9.81. The van der Waals surface area contributed by atoms with E-state index in [1.807, 2.05) is 48.5 Å². The molecule has 1 aliphatic heterocycles. The Morgan fingerprint density at radius 2 is 1.38 bits per heavy atom. The summed E-state index contributed by atoms with van der Waals surface area (Å²) in [7, 11) is 2.90. The van der Waals surface area contributed by atoms with Crippen molar-refractivity contribution in [2.24, 2.45) is 4.40 Å². The van der Waals surface area contributed by atoms with Crippen molar-refractivity contribution < 1.29 is 4.79 Å². The number of carbonyl (C=O) groups excluding carboxylic acids is 1. The highest BCUT2D eigenvalue weighted by atomic mass is 35.5. The van der Waals surface area contributed by atoms with Crippen LogP contribution in [0.3, 0.4) is 0 Å². The average Bonchev–Trinajstić information content (AvgIpc) is 2.94. The number of hydrogen-bond donors (Lipinski definition) is 0. The van der Waals surface area contributed by atoms with Crippen LogP contribution < -0.4 is 0 Å². The quantitative estimate of drug-likeness (QED) is 0.432. The van der Waals surface area contributed by atoms with Gasteiger partial charge < -0.3 is 0 Å². The Hall–Kier alpha value is -1.49. The van der Waals surface area contributed by atoms with Gasteiger partial charge in [0.2, 0.25) is 0 Å². The molecule has 0 radical (unpaired) electrons. The molecule has 5 heteroatoms. The number of allylic oxidation sites excluding steroid dienone is 1. The van der Waals surface area contributed by atoms with Crippen LogP contribution >= 0.6 is 33.4 Å². The highest BCUT2D eigenvalue weighted by Crippen LogP contribution is 2.48. The second-order valence-corrected chi connectivity index (χ2v) is 6.88. The Morgan fingerprint density at radius 1 is 0.857 bits per heavy atom. The Balaban J connectivity index is 2.11. The topological polar surface area (TPSA) is 29.4 Å². The standard InChI is InChI=1S/C16H8ClNOS2/c17-16-15(20-21-18-16)13-9-5-1-3-7-11(9)14(19)12-8-4-2-6-10(12)13/h1-8H. The summed E-state index contributed by atoms with van der Waals surface area (Å²) in [4.78, 5) is 13.6. The number of ketones is 1. The molecule has 0 saturated heterocycles. The molecule has 0 saturated carbocycles. The molecule has 0 N–H and O–H groups in total. The summed E-state index contributed by atoms with van der Waals surface area (Å²) in [6.45, 7) is 0. The van der Waals surface area contributed by atoms with Gasteiger partial charge in [0.25, 0.3) is 0 Å². The SMILES string of the molecule is O=C1c2ccccc2C(=C2SSN=C2Cl)c2ccccc21. The van der Waals surface area contributed by atoms with E-state index in [4.69, 9.17) is 11.6 Å². The number of hydrogen-bond acceptors (Lipinski definition) is 4. The van der Waals surface area contributed by atoms with Crippen LogP contribution in [0.25, 0.3) is 5.57 Å². The predicted molar refractivity (Wildman–Crippen MR) is 90.8 cm³/mol. The third kappa shape index (κ3) is 1.98. The zero-order chi connectivity index (χ0) is 14.4. The minimum Gasteiger partial charge on any atom is -0.289 e. The summed E-state index contributed by atoms with van der Waals surface area (Å²) in [6, 6.07) is 15.3. The molecule has 0 atom stereocenters. The molecule has 2 aliphatic rings. The fourth-order valence-corrected chi connectivity index (χ4v) is 5.01. The van der Waals surface area contributed by atoms with Gasteiger partial charge in [-0.2, -0.15) is 4.40 Å². The zero-order valence-corrected chi connectivity index (χ0v) is 13.1. The molecule has 2 nitrogen and oxygen atoms in total. The lowest BCUT2D eigenvalue weighted by Gasteiger charge is -2.22. The van der Waals surface area contributed by atoms with Crippen LogP contribution in [0.2, 0.25) is 0 Å². The van der Waals surface area contributed by atoms with Crippen LogP contribution in [0.1, 0.15) is 27.0 Å². The van der Waals surface area contributed by atoms with Crippen molar-refractivity contribution in [1.82, 2.24) is 0 Å². The fraction of sp³-hybridized carbons (Fsp3) is 0. The van der Waals surface area contributed by atoms with Crippen molar-refractivity contribution in [2.45, 2.75) is 0 Å². The van der Waals surface area contributed by atoms with Crippen molar-refractivity contribution in [3.63, 3.8) is 0 Å². The maximum absolute atomic E-state index is 12.7. The van der Waals surface area contributed by atoms with Gasteiger partial charge in [0.1, 0.15) is 0 Å². The van der Waals surface area contributed by atoms with E-state index in [9.17, 15) is 4.79 Å². The first-order valence-electron chi connectivity index (χ1n) is 6.32. The van der Waals surface area contributed by atoms with Crippen molar-refractivity contribution in [3.8, 4) is 0 Å². The van der Waals surface area contributed by atoms with Gasteiger partial charge in [0, 0.05) is 16.7 Å². The first kappa shape index (κ1) is 13.2. The molecule has 0 bridgehead atoms. The molecule has 4 rings (SSSR count). The normalized spacial score (nSPS) is 16.6. The molecular weight excluding hydrogens is 322 g/mol. The van der Waals surface area contributed by atoms with Gasteiger partial charge in [0.05, 0.1) is 15.9 Å². The van der Waals surface area contributed by atoms with Crippen molar-refractivity contribution in [2.75, 3.05) is 0 Å². The van der Waals surface area contributed by atoms with Gasteiger partial charge in [-0.25, -0.2) is 0 Å². The van der Waals surface area contributed by atoms with Crippen LogP contribution in [0, 0.1) is 0 Å². The Kier molecular flexibility index (Phi) is 3.17.